The van der Waals surface area contributed by atoms with Gasteiger partial charge in [-0.1, -0.05) is 53.2 Å². The van der Waals surface area contributed by atoms with Gasteiger partial charge in [0.15, 0.2) is 5.16 Å². The summed E-state index contributed by atoms with van der Waals surface area (Å²) in [6.07, 6.45) is 3.56. The first-order chi connectivity index (χ1) is 12.1. The molecule has 0 aliphatic carbocycles. The molecule has 3 aromatic rings. The van der Waals surface area contributed by atoms with Gasteiger partial charge < -0.3 is 5.32 Å². The fraction of sp³-hybridized carbons (Fsp3) is 0.111. The summed E-state index contributed by atoms with van der Waals surface area (Å²) in [4.78, 5) is 16.5. The number of anilines is 1. The molecule has 1 aromatic heterocycles. The molecular weight excluding hydrogens is 377 g/mol. The predicted octanol–water partition coefficient (Wildman–Crippen LogP) is 5.22. The lowest BCUT2D eigenvalue weighted by atomic mass is 10.2. The van der Waals surface area contributed by atoms with Crippen LogP contribution in [0.1, 0.15) is 5.56 Å². The van der Waals surface area contributed by atoms with Crippen molar-refractivity contribution in [3.8, 4) is 5.69 Å². The van der Waals surface area contributed by atoms with E-state index in [1.165, 1.54) is 11.8 Å². The first kappa shape index (κ1) is 17.9. The summed E-state index contributed by atoms with van der Waals surface area (Å²) in [5.41, 5.74) is 2.51. The third kappa shape index (κ3) is 4.18. The Morgan fingerprint density at radius 3 is 2.72 bits per heavy atom. The quantitative estimate of drug-likeness (QED) is 0.606. The van der Waals surface area contributed by atoms with Gasteiger partial charge in [-0.05, 0) is 36.8 Å². The molecule has 0 unspecified atom stereocenters. The number of carbonyl (C=O) groups excluding carboxylic acids is 1. The Kier molecular flexibility index (Phi) is 5.68. The largest absolute Gasteiger partial charge is 0.324 e. The van der Waals surface area contributed by atoms with Crippen LogP contribution in [0.4, 0.5) is 5.69 Å². The lowest BCUT2D eigenvalue weighted by Gasteiger charge is -2.11. The van der Waals surface area contributed by atoms with Crippen LogP contribution in [-0.2, 0) is 4.79 Å². The second-order valence-electron chi connectivity index (χ2n) is 5.28. The Balaban J connectivity index is 1.71. The summed E-state index contributed by atoms with van der Waals surface area (Å²) >= 11 is 13.6. The van der Waals surface area contributed by atoms with Crippen molar-refractivity contribution in [3.63, 3.8) is 0 Å². The molecule has 3 rings (SSSR count). The molecule has 0 fully saturated rings. The van der Waals surface area contributed by atoms with Gasteiger partial charge in [-0.25, -0.2) is 4.98 Å². The second-order valence-corrected chi connectivity index (χ2v) is 7.04. The van der Waals surface area contributed by atoms with E-state index in [2.05, 4.69) is 10.3 Å². The van der Waals surface area contributed by atoms with Gasteiger partial charge in [0.25, 0.3) is 0 Å². The lowest BCUT2D eigenvalue weighted by molar-refractivity contribution is -0.113. The van der Waals surface area contributed by atoms with Crippen molar-refractivity contribution in [2.75, 3.05) is 11.1 Å². The summed E-state index contributed by atoms with van der Waals surface area (Å²) < 4.78 is 1.93. The van der Waals surface area contributed by atoms with Crippen LogP contribution in [0.5, 0.6) is 0 Å². The monoisotopic (exact) mass is 391 g/mol. The van der Waals surface area contributed by atoms with Crippen LogP contribution in [-0.4, -0.2) is 21.2 Å². The van der Waals surface area contributed by atoms with Gasteiger partial charge in [-0.15, -0.1) is 0 Å². The van der Waals surface area contributed by atoms with Gasteiger partial charge in [0, 0.05) is 17.4 Å². The molecule has 0 atom stereocenters. The molecular formula is C18H15Cl2N3OS. The van der Waals surface area contributed by atoms with Crippen molar-refractivity contribution >= 4 is 46.6 Å². The number of benzene rings is 2. The summed E-state index contributed by atoms with van der Waals surface area (Å²) in [6, 6.07) is 12.8. The highest BCUT2D eigenvalue weighted by Crippen LogP contribution is 2.27. The van der Waals surface area contributed by atoms with Crippen molar-refractivity contribution in [2.45, 2.75) is 12.1 Å². The number of amides is 1. The number of carbonyl (C=O) groups is 1. The van der Waals surface area contributed by atoms with Crippen LogP contribution in [0.25, 0.3) is 5.69 Å². The Morgan fingerprint density at radius 2 is 1.92 bits per heavy atom. The van der Waals surface area contributed by atoms with Crippen LogP contribution in [0, 0.1) is 6.92 Å². The minimum Gasteiger partial charge on any atom is -0.324 e. The van der Waals surface area contributed by atoms with Gasteiger partial charge in [-0.2, -0.15) is 0 Å². The van der Waals surface area contributed by atoms with Crippen LogP contribution in [0.2, 0.25) is 10.0 Å². The van der Waals surface area contributed by atoms with Crippen LogP contribution >= 0.6 is 35.0 Å². The molecule has 0 bridgehead atoms. The third-order valence-electron chi connectivity index (χ3n) is 3.59. The molecule has 0 aliphatic heterocycles. The molecule has 0 saturated heterocycles. The number of hydrogen-bond donors (Lipinski definition) is 1. The molecule has 25 heavy (non-hydrogen) atoms. The summed E-state index contributed by atoms with van der Waals surface area (Å²) in [5, 5.41) is 4.73. The average molecular weight is 392 g/mol. The van der Waals surface area contributed by atoms with Crippen molar-refractivity contribution in [3.05, 3.63) is 70.5 Å². The zero-order valence-corrected chi connectivity index (χ0v) is 15.7. The zero-order chi connectivity index (χ0) is 17.8. The maximum Gasteiger partial charge on any atom is 0.234 e. The average Bonchev–Trinajstić information content (AvgIpc) is 3.06. The Morgan fingerprint density at radius 1 is 1.16 bits per heavy atom. The van der Waals surface area contributed by atoms with Crippen LogP contribution in [0.15, 0.2) is 60.0 Å². The number of nitrogens with one attached hydrogen (secondary N) is 1. The predicted molar refractivity (Wildman–Crippen MR) is 104 cm³/mol. The van der Waals surface area contributed by atoms with Crippen molar-refractivity contribution in [2.24, 2.45) is 0 Å². The highest BCUT2D eigenvalue weighted by atomic mass is 35.5. The van der Waals surface area contributed by atoms with E-state index >= 15 is 0 Å². The zero-order valence-electron chi connectivity index (χ0n) is 13.4. The number of imidazole rings is 1. The number of hydrogen-bond acceptors (Lipinski definition) is 3. The number of thioether (sulfide) groups is 1. The summed E-state index contributed by atoms with van der Waals surface area (Å²) in [6.45, 7) is 1.95. The molecule has 1 heterocycles. The van der Waals surface area contributed by atoms with E-state index in [-0.39, 0.29) is 11.7 Å². The molecule has 0 aliphatic rings. The van der Waals surface area contributed by atoms with E-state index in [0.29, 0.717) is 15.7 Å². The molecule has 4 nitrogen and oxygen atoms in total. The highest BCUT2D eigenvalue weighted by molar-refractivity contribution is 7.99. The number of nitrogens with zero attached hydrogens (tertiary/aromatic N) is 2. The van der Waals surface area contributed by atoms with Crippen LogP contribution < -0.4 is 5.32 Å². The molecule has 1 amide bonds. The first-order valence-electron chi connectivity index (χ1n) is 7.52. The molecule has 0 spiro atoms. The highest BCUT2D eigenvalue weighted by Gasteiger charge is 2.12. The summed E-state index contributed by atoms with van der Waals surface area (Å²) in [5.74, 6) is 0.0810. The summed E-state index contributed by atoms with van der Waals surface area (Å²) in [7, 11) is 0. The standard InChI is InChI=1S/C18H15Cl2N3OS/c1-12-13(19)6-4-8-16(12)23-10-9-21-18(23)25-11-17(24)22-15-7-3-2-5-14(15)20/h2-10H,11H2,1H3,(H,22,24). The first-order valence-corrected chi connectivity index (χ1v) is 9.26. The normalized spacial score (nSPS) is 10.7. The van der Waals surface area contributed by atoms with Gasteiger partial charge in [0.1, 0.15) is 0 Å². The third-order valence-corrected chi connectivity index (χ3v) is 5.29. The maximum atomic E-state index is 12.2. The Labute approximate surface area is 160 Å². The van der Waals surface area contributed by atoms with E-state index in [1.54, 1.807) is 18.3 Å². The number of para-hydroxylation sites is 1. The van der Waals surface area contributed by atoms with E-state index in [4.69, 9.17) is 23.2 Å². The van der Waals surface area contributed by atoms with Gasteiger partial charge in [0.2, 0.25) is 5.91 Å². The van der Waals surface area contributed by atoms with E-state index in [0.717, 1.165) is 16.4 Å². The SMILES string of the molecule is Cc1c(Cl)cccc1-n1ccnc1SCC(=O)Nc1ccccc1Cl. The van der Waals surface area contributed by atoms with Crippen LogP contribution in [0.3, 0.4) is 0 Å². The van der Waals surface area contributed by atoms with Gasteiger partial charge in [-0.3, -0.25) is 9.36 Å². The minimum atomic E-state index is -0.143. The topological polar surface area (TPSA) is 46.9 Å². The number of aromatic nitrogens is 2. The second kappa shape index (κ2) is 7.95. The number of halogens is 2. The Bertz CT molecular complexity index is 911. The molecule has 7 heteroatoms. The van der Waals surface area contributed by atoms with E-state index < -0.39 is 0 Å². The maximum absolute atomic E-state index is 12.2. The van der Waals surface area contributed by atoms with Crippen molar-refractivity contribution in [1.29, 1.82) is 0 Å². The molecule has 0 radical (unpaired) electrons. The van der Waals surface area contributed by atoms with Crippen molar-refractivity contribution in [1.82, 2.24) is 9.55 Å². The van der Waals surface area contributed by atoms with E-state index in [9.17, 15) is 4.79 Å². The Hall–Kier alpha value is -1.95. The van der Waals surface area contributed by atoms with Crippen molar-refractivity contribution < 1.29 is 4.79 Å². The fourth-order valence-electron chi connectivity index (χ4n) is 2.32. The molecule has 128 valence electrons. The van der Waals surface area contributed by atoms with E-state index in [1.807, 2.05) is 48.0 Å². The molecule has 1 N–H and O–H groups in total. The smallest absolute Gasteiger partial charge is 0.234 e. The molecule has 2 aromatic carbocycles. The lowest BCUT2D eigenvalue weighted by Crippen LogP contribution is -2.14. The molecule has 0 saturated carbocycles. The van der Waals surface area contributed by atoms with Gasteiger partial charge in [0.05, 0.1) is 22.2 Å². The number of rotatable bonds is 5. The van der Waals surface area contributed by atoms with Gasteiger partial charge >= 0.3 is 0 Å². The fourth-order valence-corrected chi connectivity index (χ4v) is 3.43. The minimum absolute atomic E-state index is 0.143.